The van der Waals surface area contributed by atoms with Crippen molar-refractivity contribution in [1.82, 2.24) is 9.47 Å². The molecule has 0 saturated carbocycles. The summed E-state index contributed by atoms with van der Waals surface area (Å²) < 4.78 is 3.34. The van der Waals surface area contributed by atoms with Gasteiger partial charge in [-0.1, -0.05) is 22.0 Å². The fourth-order valence-corrected chi connectivity index (χ4v) is 4.91. The van der Waals surface area contributed by atoms with E-state index in [1.807, 2.05) is 30.0 Å². The summed E-state index contributed by atoms with van der Waals surface area (Å²) in [4.78, 5) is 14.8. The molecule has 6 heteroatoms. The van der Waals surface area contributed by atoms with Crippen molar-refractivity contribution < 1.29 is 4.79 Å². The van der Waals surface area contributed by atoms with E-state index in [2.05, 4.69) is 74.6 Å². The monoisotopic (exact) mass is 464 g/mol. The van der Waals surface area contributed by atoms with Crippen molar-refractivity contribution in [1.29, 1.82) is 0 Å². The zero-order chi connectivity index (χ0) is 20.9. The molecule has 1 aromatic heterocycles. The lowest BCUT2D eigenvalue weighted by molar-refractivity contribution is 0.174. The van der Waals surface area contributed by atoms with Crippen LogP contribution < -0.4 is 10.6 Å². The highest BCUT2D eigenvalue weighted by Crippen LogP contribution is 2.43. The van der Waals surface area contributed by atoms with Gasteiger partial charge in [0.05, 0.1) is 16.9 Å². The van der Waals surface area contributed by atoms with E-state index in [1.165, 1.54) is 22.6 Å². The quantitative estimate of drug-likeness (QED) is 0.477. The largest absolute Gasteiger partial charge is 0.372 e. The van der Waals surface area contributed by atoms with Crippen LogP contribution in [-0.2, 0) is 5.54 Å². The number of rotatable bonds is 1. The van der Waals surface area contributed by atoms with E-state index in [9.17, 15) is 4.79 Å². The van der Waals surface area contributed by atoms with Crippen LogP contribution in [-0.4, -0.2) is 28.6 Å². The maximum absolute atomic E-state index is 12.9. The fourth-order valence-electron chi connectivity index (χ4n) is 4.66. The SMILES string of the molecule is Cc1ccc2c(c1)NC1(CCN(C(=O)Nc3ccc(Br)c(C)c3)CC1)c1cccn1-2. The normalized spacial score (nSPS) is 16.6. The van der Waals surface area contributed by atoms with Crippen LogP contribution in [0.3, 0.4) is 0 Å². The Morgan fingerprint density at radius 1 is 1.10 bits per heavy atom. The van der Waals surface area contributed by atoms with E-state index in [0.29, 0.717) is 13.1 Å². The lowest BCUT2D eigenvalue weighted by Gasteiger charge is -2.46. The molecule has 2 aliphatic rings. The standard InChI is InChI=1S/C24H25BrN4O/c1-16-5-8-21-20(14-16)27-24(22-4-3-11-29(21)22)9-12-28(13-10-24)23(30)26-18-6-7-19(25)17(2)15-18/h3-8,11,14-15,27H,9-10,12-13H2,1-2H3,(H,26,30). The number of anilines is 2. The first-order valence-corrected chi connectivity index (χ1v) is 11.1. The minimum atomic E-state index is -0.144. The van der Waals surface area contributed by atoms with Gasteiger partial charge in [-0.25, -0.2) is 4.79 Å². The molecular weight excluding hydrogens is 440 g/mol. The Balaban J connectivity index is 1.34. The molecule has 1 fully saturated rings. The van der Waals surface area contributed by atoms with Gasteiger partial charge in [-0.2, -0.15) is 0 Å². The van der Waals surface area contributed by atoms with Crippen LogP contribution in [0.2, 0.25) is 0 Å². The third-order valence-corrected chi connectivity index (χ3v) is 7.23. The van der Waals surface area contributed by atoms with Crippen LogP contribution in [0.1, 0.15) is 29.7 Å². The molecule has 0 aliphatic carbocycles. The average molecular weight is 465 g/mol. The number of nitrogens with zero attached hydrogens (tertiary/aromatic N) is 2. The van der Waals surface area contributed by atoms with Crippen molar-refractivity contribution in [2.75, 3.05) is 23.7 Å². The summed E-state index contributed by atoms with van der Waals surface area (Å²) in [6.45, 7) is 5.56. The number of piperidine rings is 1. The first-order valence-electron chi connectivity index (χ1n) is 10.3. The van der Waals surface area contributed by atoms with Crippen molar-refractivity contribution >= 4 is 33.3 Å². The number of benzene rings is 2. The summed E-state index contributed by atoms with van der Waals surface area (Å²) in [5, 5.41) is 6.88. The van der Waals surface area contributed by atoms with E-state index in [4.69, 9.17) is 0 Å². The van der Waals surface area contributed by atoms with Crippen LogP contribution in [0.15, 0.2) is 59.2 Å². The van der Waals surface area contributed by atoms with E-state index < -0.39 is 0 Å². The van der Waals surface area contributed by atoms with Crippen molar-refractivity contribution in [2.45, 2.75) is 32.2 Å². The summed E-state index contributed by atoms with van der Waals surface area (Å²) in [5.41, 5.74) is 6.67. The molecule has 1 spiro atoms. The third kappa shape index (κ3) is 3.19. The predicted molar refractivity (Wildman–Crippen MR) is 125 cm³/mol. The molecule has 0 bridgehead atoms. The topological polar surface area (TPSA) is 49.3 Å². The zero-order valence-corrected chi connectivity index (χ0v) is 18.8. The van der Waals surface area contributed by atoms with Crippen LogP contribution in [0.25, 0.3) is 5.69 Å². The van der Waals surface area contributed by atoms with E-state index in [-0.39, 0.29) is 11.6 Å². The molecule has 154 valence electrons. The highest BCUT2D eigenvalue weighted by Gasteiger charge is 2.42. The average Bonchev–Trinajstić information content (AvgIpc) is 3.22. The number of hydrogen-bond donors (Lipinski definition) is 2. The smallest absolute Gasteiger partial charge is 0.321 e. The molecule has 0 atom stereocenters. The second-order valence-electron chi connectivity index (χ2n) is 8.37. The van der Waals surface area contributed by atoms with E-state index in [1.54, 1.807) is 0 Å². The Morgan fingerprint density at radius 3 is 2.67 bits per heavy atom. The van der Waals surface area contributed by atoms with Crippen LogP contribution in [0.4, 0.5) is 16.2 Å². The number of nitrogens with one attached hydrogen (secondary N) is 2. The molecule has 2 N–H and O–H groups in total. The minimum absolute atomic E-state index is 0.0333. The zero-order valence-electron chi connectivity index (χ0n) is 17.2. The maximum atomic E-state index is 12.9. The maximum Gasteiger partial charge on any atom is 0.321 e. The number of aryl methyl sites for hydroxylation is 2. The number of likely N-dealkylation sites (tertiary alicyclic amines) is 1. The number of carbonyl (C=O) groups is 1. The summed E-state index contributed by atoms with van der Waals surface area (Å²) in [6, 6.07) is 16.7. The second kappa shape index (κ2) is 7.20. The summed E-state index contributed by atoms with van der Waals surface area (Å²) in [6.07, 6.45) is 3.88. The van der Waals surface area contributed by atoms with Gasteiger partial charge in [-0.3, -0.25) is 0 Å². The highest BCUT2D eigenvalue weighted by atomic mass is 79.9. The van der Waals surface area contributed by atoms with E-state index >= 15 is 0 Å². The van der Waals surface area contributed by atoms with Gasteiger partial charge < -0.3 is 20.1 Å². The molecule has 2 aromatic carbocycles. The molecule has 5 rings (SSSR count). The van der Waals surface area contributed by atoms with Gasteiger partial charge in [0.25, 0.3) is 0 Å². The van der Waals surface area contributed by atoms with Crippen LogP contribution in [0.5, 0.6) is 0 Å². The Bertz CT molecular complexity index is 1130. The Kier molecular flexibility index (Phi) is 4.62. The number of hydrogen-bond acceptors (Lipinski definition) is 2. The van der Waals surface area contributed by atoms with Crippen LogP contribution >= 0.6 is 15.9 Å². The number of halogens is 1. The number of carbonyl (C=O) groups excluding carboxylic acids is 1. The van der Waals surface area contributed by atoms with Gasteiger partial charge in [-0.05, 0) is 80.3 Å². The molecule has 3 aromatic rings. The first-order chi connectivity index (χ1) is 14.4. The third-order valence-electron chi connectivity index (χ3n) is 6.34. The molecule has 30 heavy (non-hydrogen) atoms. The number of aromatic nitrogens is 1. The van der Waals surface area contributed by atoms with Gasteiger partial charge >= 0.3 is 6.03 Å². The molecule has 5 nitrogen and oxygen atoms in total. The van der Waals surface area contributed by atoms with E-state index in [0.717, 1.165) is 28.6 Å². The molecule has 1 saturated heterocycles. The number of fused-ring (bicyclic) bond motifs is 4. The molecule has 3 heterocycles. The minimum Gasteiger partial charge on any atom is -0.372 e. The Morgan fingerprint density at radius 2 is 1.90 bits per heavy atom. The van der Waals surface area contributed by atoms with Gasteiger partial charge in [0, 0.05) is 35.1 Å². The van der Waals surface area contributed by atoms with Gasteiger partial charge in [-0.15, -0.1) is 0 Å². The van der Waals surface area contributed by atoms with Crippen molar-refractivity contribution in [3.05, 3.63) is 76.0 Å². The van der Waals surface area contributed by atoms with Gasteiger partial charge in [0.2, 0.25) is 0 Å². The lowest BCUT2D eigenvalue weighted by atomic mass is 9.82. The molecular formula is C24H25BrN4O. The fraction of sp³-hybridized carbons (Fsp3) is 0.292. The lowest BCUT2D eigenvalue weighted by Crippen LogP contribution is -2.51. The molecule has 2 aliphatic heterocycles. The summed E-state index contributed by atoms with van der Waals surface area (Å²) in [5.74, 6) is 0. The molecule has 0 radical (unpaired) electrons. The second-order valence-corrected chi connectivity index (χ2v) is 9.23. The van der Waals surface area contributed by atoms with Crippen molar-refractivity contribution in [2.24, 2.45) is 0 Å². The highest BCUT2D eigenvalue weighted by molar-refractivity contribution is 9.10. The summed E-state index contributed by atoms with van der Waals surface area (Å²) in [7, 11) is 0. The first kappa shape index (κ1) is 19.2. The number of amides is 2. The Labute approximate surface area is 185 Å². The molecule has 0 unspecified atom stereocenters. The van der Waals surface area contributed by atoms with Crippen LogP contribution in [0, 0.1) is 13.8 Å². The van der Waals surface area contributed by atoms with Gasteiger partial charge in [0.1, 0.15) is 0 Å². The van der Waals surface area contributed by atoms with Crippen molar-refractivity contribution in [3.63, 3.8) is 0 Å². The van der Waals surface area contributed by atoms with Gasteiger partial charge in [0.15, 0.2) is 0 Å². The predicted octanol–water partition coefficient (Wildman–Crippen LogP) is 5.81. The van der Waals surface area contributed by atoms with Crippen molar-refractivity contribution in [3.8, 4) is 5.69 Å². The summed E-state index contributed by atoms with van der Waals surface area (Å²) >= 11 is 3.51. The Hall–Kier alpha value is -2.73. The number of urea groups is 1. The molecule has 2 amide bonds.